The first-order valence-electron chi connectivity index (χ1n) is 5.58. The molecule has 0 radical (unpaired) electrons. The molecule has 0 saturated heterocycles. The van der Waals surface area contributed by atoms with E-state index in [0.717, 1.165) is 6.07 Å². The van der Waals surface area contributed by atoms with Crippen LogP contribution in [-0.4, -0.2) is 5.91 Å². The number of carbonyl (C=O) groups is 1. The Kier molecular flexibility index (Phi) is 3.87. The highest BCUT2D eigenvalue weighted by molar-refractivity contribution is 6.34. The van der Waals surface area contributed by atoms with E-state index in [1.807, 2.05) is 0 Å². The number of hydrogen-bond acceptors (Lipinski definition) is 3. The van der Waals surface area contributed by atoms with Gasteiger partial charge in [-0.1, -0.05) is 17.7 Å². The zero-order chi connectivity index (χ0) is 14.7. The number of amides is 1. The summed E-state index contributed by atoms with van der Waals surface area (Å²) in [5, 5.41) is 11.3. The quantitative estimate of drug-likeness (QED) is 0.833. The van der Waals surface area contributed by atoms with Gasteiger partial charge >= 0.3 is 0 Å². The van der Waals surface area contributed by atoms with Crippen LogP contribution in [0.4, 0.5) is 15.8 Å². The molecule has 0 atom stereocenters. The van der Waals surface area contributed by atoms with E-state index < -0.39 is 11.7 Å². The predicted molar refractivity (Wildman–Crippen MR) is 74.9 cm³/mol. The van der Waals surface area contributed by atoms with Gasteiger partial charge in [-0.3, -0.25) is 4.79 Å². The number of rotatable bonds is 2. The van der Waals surface area contributed by atoms with Gasteiger partial charge in [0.25, 0.3) is 5.91 Å². The Labute approximate surface area is 119 Å². The fourth-order valence-electron chi connectivity index (χ4n) is 1.61. The van der Waals surface area contributed by atoms with Crippen LogP contribution in [0.3, 0.4) is 0 Å². The van der Waals surface area contributed by atoms with Crippen LogP contribution in [0.1, 0.15) is 15.9 Å². The Balaban J connectivity index is 2.29. The van der Waals surface area contributed by atoms with E-state index in [4.69, 9.17) is 22.6 Å². The van der Waals surface area contributed by atoms with Crippen LogP contribution in [0.15, 0.2) is 36.4 Å². The topological polar surface area (TPSA) is 78.9 Å². The summed E-state index contributed by atoms with van der Waals surface area (Å²) in [6, 6.07) is 10.2. The molecule has 3 N–H and O–H groups in total. The average molecular weight is 290 g/mol. The van der Waals surface area contributed by atoms with E-state index in [0.29, 0.717) is 0 Å². The van der Waals surface area contributed by atoms with Crippen molar-refractivity contribution in [1.29, 1.82) is 5.26 Å². The molecule has 0 saturated carbocycles. The molecule has 0 bridgehead atoms. The van der Waals surface area contributed by atoms with E-state index in [1.54, 1.807) is 18.2 Å². The number of nitrogen functional groups attached to an aromatic ring is 1. The van der Waals surface area contributed by atoms with Crippen molar-refractivity contribution in [2.45, 2.75) is 0 Å². The van der Waals surface area contributed by atoms with Gasteiger partial charge in [0.15, 0.2) is 0 Å². The lowest BCUT2D eigenvalue weighted by atomic mass is 10.1. The lowest BCUT2D eigenvalue weighted by molar-refractivity contribution is 0.102. The van der Waals surface area contributed by atoms with Crippen molar-refractivity contribution in [2.24, 2.45) is 0 Å². The number of para-hydroxylation sites is 1. The van der Waals surface area contributed by atoms with Gasteiger partial charge in [-0.25, -0.2) is 4.39 Å². The minimum Gasteiger partial charge on any atom is -0.397 e. The van der Waals surface area contributed by atoms with Crippen LogP contribution in [0.2, 0.25) is 5.02 Å². The van der Waals surface area contributed by atoms with Crippen LogP contribution in [-0.2, 0) is 0 Å². The molecular formula is C14H9ClFN3O. The molecule has 0 spiro atoms. The zero-order valence-electron chi connectivity index (χ0n) is 10.2. The second-order valence-corrected chi connectivity index (χ2v) is 4.37. The van der Waals surface area contributed by atoms with Crippen molar-refractivity contribution < 1.29 is 9.18 Å². The van der Waals surface area contributed by atoms with Gasteiger partial charge in [0.1, 0.15) is 5.82 Å². The van der Waals surface area contributed by atoms with Gasteiger partial charge in [-0.2, -0.15) is 5.26 Å². The fraction of sp³-hybridized carbons (Fsp3) is 0. The molecule has 0 unspecified atom stereocenters. The highest BCUT2D eigenvalue weighted by Crippen LogP contribution is 2.24. The van der Waals surface area contributed by atoms with Crippen LogP contribution in [0, 0.1) is 17.1 Å². The van der Waals surface area contributed by atoms with Gasteiger partial charge in [0.05, 0.1) is 33.6 Å². The number of benzene rings is 2. The number of carbonyl (C=O) groups excluding carboxylic acids is 1. The minimum atomic E-state index is -0.696. The third-order valence-corrected chi connectivity index (χ3v) is 2.97. The number of halogens is 2. The maximum Gasteiger partial charge on any atom is 0.257 e. The highest BCUT2D eigenvalue weighted by Gasteiger charge is 2.14. The summed E-state index contributed by atoms with van der Waals surface area (Å²) in [5.41, 5.74) is 6.11. The lowest BCUT2D eigenvalue weighted by Gasteiger charge is -2.09. The largest absolute Gasteiger partial charge is 0.397 e. The first-order chi connectivity index (χ1) is 9.52. The van der Waals surface area contributed by atoms with E-state index in [1.165, 1.54) is 18.2 Å². The Morgan fingerprint density at radius 2 is 2.10 bits per heavy atom. The number of nitrogens with two attached hydrogens (primary N) is 1. The number of anilines is 2. The lowest BCUT2D eigenvalue weighted by Crippen LogP contribution is -2.15. The van der Waals surface area contributed by atoms with Crippen molar-refractivity contribution in [3.05, 3.63) is 58.4 Å². The molecule has 2 aromatic rings. The second-order valence-electron chi connectivity index (χ2n) is 3.96. The SMILES string of the molecule is N#Cc1ccc(NC(=O)c2cccc(Cl)c2N)c(F)c1. The number of nitriles is 1. The standard InChI is InChI=1S/C14H9ClFN3O/c15-10-3-1-2-9(13(10)18)14(20)19-12-5-4-8(7-17)6-11(12)16/h1-6H,18H2,(H,19,20). The van der Waals surface area contributed by atoms with Gasteiger partial charge in [-0.15, -0.1) is 0 Å². The molecule has 6 heteroatoms. The van der Waals surface area contributed by atoms with E-state index in [-0.39, 0.29) is 27.5 Å². The van der Waals surface area contributed by atoms with Crippen LogP contribution in [0.25, 0.3) is 0 Å². The van der Waals surface area contributed by atoms with Gasteiger partial charge < -0.3 is 11.1 Å². The van der Waals surface area contributed by atoms with E-state index in [9.17, 15) is 9.18 Å². The highest BCUT2D eigenvalue weighted by atomic mass is 35.5. The summed E-state index contributed by atoms with van der Waals surface area (Å²) >= 11 is 5.82. The van der Waals surface area contributed by atoms with Crippen molar-refractivity contribution in [3.8, 4) is 6.07 Å². The van der Waals surface area contributed by atoms with Crippen molar-refractivity contribution in [1.82, 2.24) is 0 Å². The summed E-state index contributed by atoms with van der Waals surface area (Å²) < 4.78 is 13.7. The molecule has 0 aliphatic heterocycles. The number of nitrogens with zero attached hydrogens (tertiary/aromatic N) is 1. The van der Waals surface area contributed by atoms with Crippen molar-refractivity contribution in [2.75, 3.05) is 11.1 Å². The summed E-state index contributed by atoms with van der Waals surface area (Å²) in [6.45, 7) is 0. The number of nitrogens with one attached hydrogen (secondary N) is 1. The Bertz CT molecular complexity index is 725. The number of hydrogen-bond donors (Lipinski definition) is 2. The molecule has 4 nitrogen and oxygen atoms in total. The molecular weight excluding hydrogens is 281 g/mol. The van der Waals surface area contributed by atoms with Crippen molar-refractivity contribution in [3.63, 3.8) is 0 Å². The third-order valence-electron chi connectivity index (χ3n) is 2.64. The zero-order valence-corrected chi connectivity index (χ0v) is 10.9. The Morgan fingerprint density at radius 3 is 2.75 bits per heavy atom. The summed E-state index contributed by atoms with van der Waals surface area (Å²) in [7, 11) is 0. The molecule has 100 valence electrons. The smallest absolute Gasteiger partial charge is 0.257 e. The van der Waals surface area contributed by atoms with Crippen LogP contribution < -0.4 is 11.1 Å². The third kappa shape index (κ3) is 2.71. The maximum atomic E-state index is 13.7. The van der Waals surface area contributed by atoms with Crippen molar-refractivity contribution >= 4 is 28.9 Å². The summed E-state index contributed by atoms with van der Waals surface area (Å²) in [6.07, 6.45) is 0. The van der Waals surface area contributed by atoms with E-state index >= 15 is 0 Å². The average Bonchev–Trinajstić information content (AvgIpc) is 2.44. The van der Waals surface area contributed by atoms with Gasteiger partial charge in [-0.05, 0) is 30.3 Å². The fourth-order valence-corrected chi connectivity index (χ4v) is 1.79. The molecule has 2 rings (SSSR count). The molecule has 1 amide bonds. The molecule has 0 heterocycles. The first-order valence-corrected chi connectivity index (χ1v) is 5.95. The second kappa shape index (κ2) is 5.59. The molecule has 2 aromatic carbocycles. The Hall–Kier alpha value is -2.58. The monoisotopic (exact) mass is 289 g/mol. The summed E-state index contributed by atoms with van der Waals surface area (Å²) in [5.74, 6) is -1.27. The molecule has 0 aromatic heterocycles. The van der Waals surface area contributed by atoms with E-state index in [2.05, 4.69) is 5.32 Å². The molecule has 20 heavy (non-hydrogen) atoms. The molecule has 0 fully saturated rings. The molecule has 0 aliphatic carbocycles. The minimum absolute atomic E-state index is 0.0339. The Morgan fingerprint density at radius 1 is 1.35 bits per heavy atom. The molecule has 0 aliphatic rings. The predicted octanol–water partition coefficient (Wildman–Crippen LogP) is 3.19. The summed E-state index contributed by atoms with van der Waals surface area (Å²) in [4.78, 5) is 12.0. The van der Waals surface area contributed by atoms with Gasteiger partial charge in [0.2, 0.25) is 0 Å². The van der Waals surface area contributed by atoms with Crippen LogP contribution in [0.5, 0.6) is 0 Å². The normalized spacial score (nSPS) is 9.85. The van der Waals surface area contributed by atoms with Gasteiger partial charge in [0, 0.05) is 0 Å². The first kappa shape index (κ1) is 13.8. The van der Waals surface area contributed by atoms with Crippen LogP contribution >= 0.6 is 11.6 Å². The maximum absolute atomic E-state index is 13.7.